The number of nitriles is 1. The molecule has 120 valence electrons. The Kier molecular flexibility index (Phi) is 5.04. The number of rotatable bonds is 5. The van der Waals surface area contributed by atoms with Crippen molar-refractivity contribution >= 4 is 0 Å². The third-order valence-corrected chi connectivity index (χ3v) is 3.57. The largest absolute Gasteiger partial charge is 0.424 e. The number of hydrogen-bond acceptors (Lipinski definition) is 3. The van der Waals surface area contributed by atoms with Crippen molar-refractivity contribution in [2.24, 2.45) is 0 Å². The van der Waals surface area contributed by atoms with Gasteiger partial charge in [0.05, 0.1) is 18.7 Å². The van der Waals surface area contributed by atoms with Crippen molar-refractivity contribution in [3.8, 4) is 6.07 Å². The lowest BCUT2D eigenvalue weighted by atomic mass is 9.88. The van der Waals surface area contributed by atoms with Gasteiger partial charge in [-0.25, -0.2) is 0 Å². The van der Waals surface area contributed by atoms with Crippen LogP contribution in [0, 0.1) is 11.3 Å². The Hall–Kier alpha value is -2.36. The van der Waals surface area contributed by atoms with E-state index in [2.05, 4.69) is 5.32 Å². The van der Waals surface area contributed by atoms with Crippen LogP contribution in [0.2, 0.25) is 0 Å². The predicted molar refractivity (Wildman–Crippen MR) is 79.2 cm³/mol. The lowest BCUT2D eigenvalue weighted by molar-refractivity contribution is -0.185. The van der Waals surface area contributed by atoms with Crippen molar-refractivity contribution in [3.63, 3.8) is 0 Å². The van der Waals surface area contributed by atoms with Gasteiger partial charge in [-0.3, -0.25) is 5.32 Å². The number of nitrogens with one attached hydrogen (secondary N) is 1. The summed E-state index contributed by atoms with van der Waals surface area (Å²) in [6.45, 7) is -0.573. The van der Waals surface area contributed by atoms with Gasteiger partial charge in [-0.2, -0.15) is 18.4 Å². The van der Waals surface area contributed by atoms with E-state index in [-0.39, 0.29) is 5.56 Å². The van der Waals surface area contributed by atoms with Crippen LogP contribution in [0.15, 0.2) is 60.7 Å². The maximum atomic E-state index is 13.7. The lowest BCUT2D eigenvalue weighted by Gasteiger charge is -2.34. The highest BCUT2D eigenvalue weighted by Gasteiger charge is 2.57. The predicted octanol–water partition coefficient (Wildman–Crippen LogP) is 3.29. The summed E-state index contributed by atoms with van der Waals surface area (Å²) in [4.78, 5) is 0. The molecule has 0 saturated carbocycles. The van der Waals surface area contributed by atoms with E-state index in [1.807, 2.05) is 0 Å². The van der Waals surface area contributed by atoms with Gasteiger partial charge in [-0.15, -0.1) is 0 Å². The first kappa shape index (κ1) is 17.0. The van der Waals surface area contributed by atoms with Crippen LogP contribution in [0.3, 0.4) is 0 Å². The number of halogens is 3. The second-order valence-electron chi connectivity index (χ2n) is 5.02. The zero-order valence-electron chi connectivity index (χ0n) is 12.1. The van der Waals surface area contributed by atoms with Gasteiger partial charge < -0.3 is 5.11 Å². The van der Waals surface area contributed by atoms with Crippen molar-refractivity contribution in [2.45, 2.75) is 17.8 Å². The molecule has 6 heteroatoms. The highest BCUT2D eigenvalue weighted by molar-refractivity contribution is 5.35. The van der Waals surface area contributed by atoms with E-state index in [1.54, 1.807) is 36.4 Å². The molecule has 0 aliphatic rings. The van der Waals surface area contributed by atoms with E-state index in [1.165, 1.54) is 30.3 Å². The van der Waals surface area contributed by atoms with Crippen LogP contribution >= 0.6 is 0 Å². The summed E-state index contributed by atoms with van der Waals surface area (Å²) >= 11 is 0. The van der Waals surface area contributed by atoms with E-state index >= 15 is 0 Å². The molecule has 0 radical (unpaired) electrons. The van der Waals surface area contributed by atoms with Crippen molar-refractivity contribution in [1.29, 1.82) is 5.26 Å². The van der Waals surface area contributed by atoms with E-state index in [4.69, 9.17) is 0 Å². The van der Waals surface area contributed by atoms with Gasteiger partial charge in [-0.1, -0.05) is 60.7 Å². The third kappa shape index (κ3) is 3.36. The average molecular weight is 320 g/mol. The molecule has 0 saturated heterocycles. The molecule has 0 aliphatic heterocycles. The van der Waals surface area contributed by atoms with Crippen LogP contribution < -0.4 is 5.32 Å². The van der Waals surface area contributed by atoms with Gasteiger partial charge in [0.1, 0.15) is 0 Å². The maximum Gasteiger partial charge on any atom is 0.424 e. The first-order chi connectivity index (χ1) is 10.9. The smallest absolute Gasteiger partial charge is 0.394 e. The Morgan fingerprint density at radius 2 is 1.52 bits per heavy atom. The molecule has 0 unspecified atom stereocenters. The van der Waals surface area contributed by atoms with Gasteiger partial charge >= 0.3 is 6.18 Å². The summed E-state index contributed by atoms with van der Waals surface area (Å²) in [5.41, 5.74) is -2.66. The second-order valence-corrected chi connectivity index (χ2v) is 5.02. The highest BCUT2D eigenvalue weighted by atomic mass is 19.4. The van der Waals surface area contributed by atoms with E-state index in [0.29, 0.717) is 5.56 Å². The Morgan fingerprint density at radius 3 is 1.96 bits per heavy atom. The summed E-state index contributed by atoms with van der Waals surface area (Å²) in [6, 6.07) is 15.5. The molecule has 2 rings (SSSR count). The van der Waals surface area contributed by atoms with Gasteiger partial charge in [0.2, 0.25) is 5.54 Å². The van der Waals surface area contributed by atoms with E-state index in [9.17, 15) is 23.5 Å². The molecule has 0 spiro atoms. The number of hydrogen-bond donors (Lipinski definition) is 2. The Balaban J connectivity index is 2.49. The maximum absolute atomic E-state index is 13.7. The van der Waals surface area contributed by atoms with Gasteiger partial charge in [-0.05, 0) is 11.1 Å². The summed E-state index contributed by atoms with van der Waals surface area (Å²) in [7, 11) is 0. The minimum absolute atomic E-state index is 0.218. The quantitative estimate of drug-likeness (QED) is 0.889. The fraction of sp³-hybridized carbons (Fsp3) is 0.235. The molecule has 0 heterocycles. The standard InChI is InChI=1S/C17H15F3N2O/c18-17(19,20)16(12-21,14-9-5-2-6-10-14)22-15(11-23)13-7-3-1-4-8-13/h1-10,15,22-23H,11H2/t15-,16+/m0/s1. The zero-order valence-corrected chi connectivity index (χ0v) is 12.1. The van der Waals surface area contributed by atoms with Crippen LogP contribution in [0.4, 0.5) is 13.2 Å². The molecule has 0 fully saturated rings. The Labute approximate surface area is 132 Å². The van der Waals surface area contributed by atoms with Gasteiger partial charge in [0.15, 0.2) is 0 Å². The Bertz CT molecular complexity index is 668. The molecule has 3 nitrogen and oxygen atoms in total. The molecule has 0 amide bonds. The van der Waals surface area contributed by atoms with Crippen molar-refractivity contribution in [1.82, 2.24) is 5.32 Å². The third-order valence-electron chi connectivity index (χ3n) is 3.57. The number of benzene rings is 2. The van der Waals surface area contributed by atoms with E-state index in [0.717, 1.165) is 0 Å². The molecular formula is C17H15F3N2O. The first-order valence-corrected chi connectivity index (χ1v) is 6.91. The first-order valence-electron chi connectivity index (χ1n) is 6.91. The number of aliphatic hydroxyl groups excluding tert-OH is 1. The number of nitrogens with zero attached hydrogens (tertiary/aromatic N) is 1. The van der Waals surface area contributed by atoms with Crippen LogP contribution in [-0.4, -0.2) is 17.9 Å². The highest BCUT2D eigenvalue weighted by Crippen LogP contribution is 2.40. The molecule has 2 aromatic carbocycles. The van der Waals surface area contributed by atoms with Crippen molar-refractivity contribution < 1.29 is 18.3 Å². The Morgan fingerprint density at radius 1 is 1.00 bits per heavy atom. The normalized spacial score (nSPS) is 15.4. The van der Waals surface area contributed by atoms with Crippen LogP contribution in [0.1, 0.15) is 17.2 Å². The monoisotopic (exact) mass is 320 g/mol. The average Bonchev–Trinajstić information content (AvgIpc) is 2.57. The minimum atomic E-state index is -4.86. The summed E-state index contributed by atoms with van der Waals surface area (Å²) in [5.74, 6) is 0. The molecule has 0 bridgehead atoms. The SMILES string of the molecule is N#C[C@@](N[C@@H](CO)c1ccccc1)(c1ccccc1)C(F)(F)F. The fourth-order valence-corrected chi connectivity index (χ4v) is 2.36. The van der Waals surface area contributed by atoms with Crippen LogP contribution in [0.25, 0.3) is 0 Å². The molecule has 2 atom stereocenters. The second kappa shape index (κ2) is 6.82. The molecule has 0 aliphatic carbocycles. The molecule has 2 aromatic rings. The van der Waals surface area contributed by atoms with Gasteiger partial charge in [0, 0.05) is 0 Å². The van der Waals surface area contributed by atoms with Gasteiger partial charge in [0.25, 0.3) is 0 Å². The van der Waals surface area contributed by atoms with Crippen molar-refractivity contribution in [3.05, 3.63) is 71.8 Å². The fourth-order valence-electron chi connectivity index (χ4n) is 2.36. The van der Waals surface area contributed by atoms with E-state index < -0.39 is 24.4 Å². The number of alkyl halides is 3. The molecular weight excluding hydrogens is 305 g/mol. The van der Waals surface area contributed by atoms with Crippen LogP contribution in [0.5, 0.6) is 0 Å². The topological polar surface area (TPSA) is 56.0 Å². The minimum Gasteiger partial charge on any atom is -0.394 e. The molecule has 2 N–H and O–H groups in total. The molecule has 23 heavy (non-hydrogen) atoms. The lowest BCUT2D eigenvalue weighted by Crippen LogP contribution is -2.54. The van der Waals surface area contributed by atoms with Crippen molar-refractivity contribution in [2.75, 3.05) is 6.61 Å². The summed E-state index contributed by atoms with van der Waals surface area (Å²) in [5, 5.41) is 21.2. The summed E-state index contributed by atoms with van der Waals surface area (Å²) in [6.07, 6.45) is -4.86. The molecule has 0 aromatic heterocycles. The number of aliphatic hydroxyl groups is 1. The summed E-state index contributed by atoms with van der Waals surface area (Å²) < 4.78 is 41.1. The zero-order chi connectivity index (χ0) is 16.9. The van der Waals surface area contributed by atoms with Crippen LogP contribution in [-0.2, 0) is 5.54 Å².